The number of hydrogen-bond donors (Lipinski definition) is 0. The summed E-state index contributed by atoms with van der Waals surface area (Å²) in [6.07, 6.45) is 0. The molecule has 3 aromatic rings. The summed E-state index contributed by atoms with van der Waals surface area (Å²) in [5.74, 6) is 1.13. The van der Waals surface area contributed by atoms with Gasteiger partial charge in [-0.3, -0.25) is 4.79 Å². The van der Waals surface area contributed by atoms with Crippen LogP contribution in [0.1, 0.15) is 24.2 Å². The van der Waals surface area contributed by atoms with Crippen LogP contribution in [0.15, 0.2) is 58.2 Å². The van der Waals surface area contributed by atoms with Crippen molar-refractivity contribution in [2.24, 2.45) is 0 Å². The molecule has 0 spiro atoms. The third-order valence-electron chi connectivity index (χ3n) is 3.59. The molecule has 7 heteroatoms. The normalized spacial score (nSPS) is 12.0. The molecule has 0 N–H and O–H groups in total. The molecule has 0 saturated heterocycles. The summed E-state index contributed by atoms with van der Waals surface area (Å²) in [5, 5.41) is 8.67. The van der Waals surface area contributed by atoms with Crippen molar-refractivity contribution in [2.45, 2.75) is 24.3 Å². The van der Waals surface area contributed by atoms with Crippen molar-refractivity contribution in [3.05, 3.63) is 59.1 Å². The molecule has 1 atom stereocenters. The van der Waals surface area contributed by atoms with Gasteiger partial charge in [0.2, 0.25) is 5.89 Å². The number of hydrogen-bond acceptors (Lipinski definition) is 6. The monoisotopic (exact) mass is 388 g/mol. The summed E-state index contributed by atoms with van der Waals surface area (Å²) in [6, 6.07) is 14.2. The van der Waals surface area contributed by atoms with Crippen molar-refractivity contribution < 1.29 is 13.9 Å². The molecule has 26 heavy (non-hydrogen) atoms. The van der Waals surface area contributed by atoms with Crippen LogP contribution < -0.4 is 4.74 Å². The minimum atomic E-state index is -0.355. The van der Waals surface area contributed by atoms with Crippen molar-refractivity contribution in [3.8, 4) is 17.2 Å². The second kappa shape index (κ2) is 8.38. The maximum absolute atomic E-state index is 12.6. The molecule has 0 radical (unpaired) electrons. The smallest absolute Gasteiger partial charge is 0.277 e. The van der Waals surface area contributed by atoms with Crippen LogP contribution >= 0.6 is 23.4 Å². The van der Waals surface area contributed by atoms with Gasteiger partial charge in [0.1, 0.15) is 5.75 Å². The highest BCUT2D eigenvalue weighted by atomic mass is 35.5. The summed E-state index contributed by atoms with van der Waals surface area (Å²) in [7, 11) is 0. The van der Waals surface area contributed by atoms with Gasteiger partial charge < -0.3 is 9.15 Å². The van der Waals surface area contributed by atoms with E-state index in [0.717, 1.165) is 11.3 Å². The molecule has 1 aromatic heterocycles. The van der Waals surface area contributed by atoms with Gasteiger partial charge >= 0.3 is 0 Å². The SMILES string of the molecule is CCOc1ccc(C(=O)[C@H](C)Sc2nnc(-c3ccc(Cl)cc3)o2)cc1. The molecule has 5 nitrogen and oxygen atoms in total. The minimum absolute atomic E-state index is 0.00992. The molecule has 0 aliphatic rings. The lowest BCUT2D eigenvalue weighted by Gasteiger charge is -2.08. The first kappa shape index (κ1) is 18.5. The third-order valence-corrected chi connectivity index (χ3v) is 4.78. The molecule has 0 saturated carbocycles. The van der Waals surface area contributed by atoms with Gasteiger partial charge in [0.25, 0.3) is 5.22 Å². The van der Waals surface area contributed by atoms with Crippen molar-refractivity contribution in [3.63, 3.8) is 0 Å². The fourth-order valence-electron chi connectivity index (χ4n) is 2.29. The molecule has 0 bridgehead atoms. The Balaban J connectivity index is 1.66. The standard InChI is InChI=1S/C19H17ClN2O3S/c1-3-24-16-10-6-13(7-11-16)17(23)12(2)26-19-22-21-18(25-19)14-4-8-15(20)9-5-14/h4-12H,3H2,1-2H3/t12-/m0/s1. The van der Waals surface area contributed by atoms with Crippen LogP contribution in [-0.2, 0) is 0 Å². The number of halogens is 1. The van der Waals surface area contributed by atoms with Crippen molar-refractivity contribution in [2.75, 3.05) is 6.61 Å². The molecule has 0 unspecified atom stereocenters. The van der Waals surface area contributed by atoms with E-state index in [2.05, 4.69) is 10.2 Å². The van der Waals surface area contributed by atoms with Crippen molar-refractivity contribution in [1.82, 2.24) is 10.2 Å². The Bertz CT molecular complexity index is 879. The van der Waals surface area contributed by atoms with E-state index >= 15 is 0 Å². The summed E-state index contributed by atoms with van der Waals surface area (Å²) < 4.78 is 11.0. The molecule has 0 aliphatic heterocycles. The summed E-state index contributed by atoms with van der Waals surface area (Å²) in [6.45, 7) is 4.32. The topological polar surface area (TPSA) is 65.2 Å². The van der Waals surface area contributed by atoms with Crippen LogP contribution in [0.2, 0.25) is 5.02 Å². The zero-order valence-electron chi connectivity index (χ0n) is 14.3. The fourth-order valence-corrected chi connectivity index (χ4v) is 3.17. The van der Waals surface area contributed by atoms with Gasteiger partial charge in [-0.05, 0) is 62.4 Å². The number of carbonyl (C=O) groups is 1. The van der Waals surface area contributed by atoms with E-state index in [9.17, 15) is 4.79 Å². The van der Waals surface area contributed by atoms with Gasteiger partial charge in [-0.2, -0.15) is 0 Å². The molecular weight excluding hydrogens is 372 g/mol. The van der Waals surface area contributed by atoms with Crippen molar-refractivity contribution in [1.29, 1.82) is 0 Å². The summed E-state index contributed by atoms with van der Waals surface area (Å²) >= 11 is 7.11. The Hall–Kier alpha value is -2.31. The number of thioether (sulfide) groups is 1. The van der Waals surface area contributed by atoms with Crippen LogP contribution in [0.25, 0.3) is 11.5 Å². The summed E-state index contributed by atoms with van der Waals surface area (Å²) in [5.41, 5.74) is 1.39. The van der Waals surface area contributed by atoms with Gasteiger partial charge in [0.15, 0.2) is 5.78 Å². The van der Waals surface area contributed by atoms with E-state index in [-0.39, 0.29) is 11.0 Å². The Labute approximate surface area is 160 Å². The molecule has 1 heterocycles. The van der Waals surface area contributed by atoms with Crippen LogP contribution in [0.5, 0.6) is 5.75 Å². The summed E-state index contributed by atoms with van der Waals surface area (Å²) in [4.78, 5) is 12.6. The number of aromatic nitrogens is 2. The maximum Gasteiger partial charge on any atom is 0.277 e. The lowest BCUT2D eigenvalue weighted by atomic mass is 10.1. The molecule has 0 aliphatic carbocycles. The molecule has 3 rings (SSSR count). The lowest BCUT2D eigenvalue weighted by Crippen LogP contribution is -2.13. The van der Waals surface area contributed by atoms with Crippen LogP contribution in [0.3, 0.4) is 0 Å². The van der Waals surface area contributed by atoms with E-state index in [1.54, 1.807) is 48.5 Å². The Kier molecular flexibility index (Phi) is 5.96. The Morgan fingerprint density at radius 1 is 1.15 bits per heavy atom. The second-order valence-corrected chi connectivity index (χ2v) is 7.19. The highest BCUT2D eigenvalue weighted by molar-refractivity contribution is 8.00. The third kappa shape index (κ3) is 4.45. The first-order valence-corrected chi connectivity index (χ1v) is 9.35. The number of benzene rings is 2. The Morgan fingerprint density at radius 2 is 1.85 bits per heavy atom. The molecule has 0 amide bonds. The number of carbonyl (C=O) groups excluding carboxylic acids is 1. The number of rotatable bonds is 7. The molecular formula is C19H17ClN2O3S. The van der Waals surface area contributed by atoms with Crippen LogP contribution in [-0.4, -0.2) is 27.8 Å². The van der Waals surface area contributed by atoms with E-state index in [4.69, 9.17) is 20.8 Å². The van der Waals surface area contributed by atoms with Gasteiger partial charge in [-0.1, -0.05) is 23.4 Å². The van der Waals surface area contributed by atoms with Crippen LogP contribution in [0, 0.1) is 0 Å². The number of nitrogens with zero attached hydrogens (tertiary/aromatic N) is 2. The maximum atomic E-state index is 12.6. The van der Waals surface area contributed by atoms with E-state index in [1.807, 2.05) is 13.8 Å². The van der Waals surface area contributed by atoms with Crippen molar-refractivity contribution >= 4 is 29.1 Å². The minimum Gasteiger partial charge on any atom is -0.494 e. The number of ketones is 1. The van der Waals surface area contributed by atoms with Gasteiger partial charge in [0.05, 0.1) is 11.9 Å². The average molecular weight is 389 g/mol. The van der Waals surface area contributed by atoms with E-state index in [1.165, 1.54) is 11.8 Å². The molecule has 0 fully saturated rings. The quantitative estimate of drug-likeness (QED) is 0.412. The predicted octanol–water partition coefficient (Wildman–Crippen LogP) is 5.15. The molecule has 2 aromatic carbocycles. The van der Waals surface area contributed by atoms with Crippen LogP contribution in [0.4, 0.5) is 0 Å². The number of Topliss-reactive ketones (excluding diaryl/α,β-unsaturated/α-hetero) is 1. The zero-order valence-corrected chi connectivity index (χ0v) is 15.9. The van der Waals surface area contributed by atoms with Gasteiger partial charge in [0, 0.05) is 16.1 Å². The fraction of sp³-hybridized carbons (Fsp3) is 0.211. The first-order chi connectivity index (χ1) is 12.6. The lowest BCUT2D eigenvalue weighted by molar-refractivity contribution is 0.0993. The second-order valence-electron chi connectivity index (χ2n) is 5.46. The van der Waals surface area contributed by atoms with E-state index in [0.29, 0.717) is 28.3 Å². The Morgan fingerprint density at radius 3 is 2.50 bits per heavy atom. The van der Waals surface area contributed by atoms with Gasteiger partial charge in [-0.15, -0.1) is 10.2 Å². The van der Waals surface area contributed by atoms with Gasteiger partial charge in [-0.25, -0.2) is 0 Å². The number of ether oxygens (including phenoxy) is 1. The highest BCUT2D eigenvalue weighted by Gasteiger charge is 2.20. The largest absolute Gasteiger partial charge is 0.494 e. The molecule has 134 valence electrons. The highest BCUT2D eigenvalue weighted by Crippen LogP contribution is 2.28. The van der Waals surface area contributed by atoms with E-state index < -0.39 is 0 Å². The predicted molar refractivity (Wildman–Crippen MR) is 102 cm³/mol. The first-order valence-electron chi connectivity index (χ1n) is 8.10. The zero-order chi connectivity index (χ0) is 18.5. The average Bonchev–Trinajstić information content (AvgIpc) is 3.11.